The fourth-order valence-corrected chi connectivity index (χ4v) is 6.54. The van der Waals surface area contributed by atoms with Crippen molar-refractivity contribution in [2.75, 3.05) is 18.6 Å². The molecule has 24 heavy (non-hydrogen) atoms. The molecule has 0 aromatic carbocycles. The lowest BCUT2D eigenvalue weighted by molar-refractivity contribution is 0.156. The van der Waals surface area contributed by atoms with Gasteiger partial charge in [0.1, 0.15) is 6.61 Å². The van der Waals surface area contributed by atoms with Crippen LogP contribution in [0, 0.1) is 11.3 Å². The van der Waals surface area contributed by atoms with Crippen LogP contribution in [0.25, 0.3) is 0 Å². The van der Waals surface area contributed by atoms with Crippen LogP contribution in [0.4, 0.5) is 0 Å². The molecule has 0 aromatic rings. The minimum absolute atomic E-state index is 0.0868. The molecule has 0 spiro atoms. The van der Waals surface area contributed by atoms with Crippen LogP contribution in [0.5, 0.6) is 0 Å². The molecule has 0 radical (unpaired) electrons. The van der Waals surface area contributed by atoms with Gasteiger partial charge < -0.3 is 5.32 Å². The van der Waals surface area contributed by atoms with E-state index in [2.05, 4.69) is 46.9 Å². The van der Waals surface area contributed by atoms with E-state index in [-0.39, 0.29) is 10.2 Å². The molecule has 0 bridgehead atoms. The van der Waals surface area contributed by atoms with E-state index in [1.807, 2.05) is 11.8 Å². The number of thioether (sulfide) groups is 1. The molecule has 1 heterocycles. The van der Waals surface area contributed by atoms with E-state index in [1.54, 1.807) is 0 Å². The highest BCUT2D eigenvalue weighted by atomic mass is 32.2. The van der Waals surface area contributed by atoms with E-state index in [4.69, 9.17) is 4.52 Å². The summed E-state index contributed by atoms with van der Waals surface area (Å²) in [5, 5.41) is 3.75. The largest absolute Gasteiger partial charge is 0.508 e. The number of unbranched alkanes of at least 4 members (excludes halogenated alkanes) is 2. The molecule has 0 saturated carbocycles. The van der Waals surface area contributed by atoms with Crippen LogP contribution >= 0.6 is 19.8 Å². The Morgan fingerprint density at radius 1 is 1.25 bits per heavy atom. The number of hydrogen-bond donors (Lipinski definition) is 1. The lowest BCUT2D eigenvalue weighted by Gasteiger charge is -2.42. The Balaban J connectivity index is 2.98. The second-order valence-electron chi connectivity index (χ2n) is 8.28. The first-order valence-electron chi connectivity index (χ1n) is 9.72. The summed E-state index contributed by atoms with van der Waals surface area (Å²) in [5.74, 6) is 1.43. The normalized spacial score (nSPS) is 21.5. The van der Waals surface area contributed by atoms with Crippen LogP contribution < -0.4 is 5.32 Å². The summed E-state index contributed by atoms with van der Waals surface area (Å²) in [6.07, 6.45) is 7.80. The molecule has 0 amide bonds. The molecule has 142 valence electrons. The highest BCUT2D eigenvalue weighted by Gasteiger charge is 2.53. The molecule has 5 heteroatoms. The van der Waals surface area contributed by atoms with Gasteiger partial charge in [-0.05, 0) is 37.2 Å². The summed E-state index contributed by atoms with van der Waals surface area (Å²) in [4.78, 5) is 0. The van der Waals surface area contributed by atoms with E-state index in [0.717, 1.165) is 18.7 Å². The van der Waals surface area contributed by atoms with Gasteiger partial charge in [0.25, 0.3) is 0 Å². The third-order valence-corrected chi connectivity index (χ3v) is 7.71. The summed E-state index contributed by atoms with van der Waals surface area (Å²) in [7, 11) is -1.59. The quantitative estimate of drug-likeness (QED) is 0.411. The Kier molecular flexibility index (Phi) is 9.81. The van der Waals surface area contributed by atoms with Gasteiger partial charge >= 0.3 is 8.03 Å². The average molecular weight is 377 g/mol. The molecular weight excluding hydrogens is 337 g/mol. The van der Waals surface area contributed by atoms with Crippen molar-refractivity contribution < 1.29 is 9.09 Å². The van der Waals surface area contributed by atoms with Crippen molar-refractivity contribution >= 4 is 19.8 Å². The van der Waals surface area contributed by atoms with Crippen molar-refractivity contribution in [3.8, 4) is 0 Å². The number of nitrogens with one attached hydrogen (secondary N) is 1. The van der Waals surface area contributed by atoms with E-state index in [1.165, 1.54) is 25.7 Å². The maximum Gasteiger partial charge on any atom is 0.508 e. The van der Waals surface area contributed by atoms with Gasteiger partial charge in [0.2, 0.25) is 0 Å². The Morgan fingerprint density at radius 3 is 2.25 bits per heavy atom. The first-order valence-corrected chi connectivity index (χ1v) is 12.1. The van der Waals surface area contributed by atoms with E-state index in [0.29, 0.717) is 24.7 Å². The van der Waals surface area contributed by atoms with Gasteiger partial charge in [0, 0.05) is 22.1 Å². The van der Waals surface area contributed by atoms with Gasteiger partial charge in [0.05, 0.1) is 0 Å². The van der Waals surface area contributed by atoms with Gasteiger partial charge in [-0.3, -0.25) is 0 Å². The molecule has 0 aromatic heterocycles. The highest BCUT2D eigenvalue weighted by Crippen LogP contribution is 2.50. The number of hydrogen-bond acceptors (Lipinski definition) is 4. The van der Waals surface area contributed by atoms with Crippen molar-refractivity contribution in [1.82, 2.24) is 5.32 Å². The maximum absolute atomic E-state index is 12.7. The van der Waals surface area contributed by atoms with Crippen LogP contribution in [-0.4, -0.2) is 29.4 Å². The van der Waals surface area contributed by atoms with Crippen molar-refractivity contribution in [2.24, 2.45) is 11.3 Å². The monoisotopic (exact) mass is 376 g/mol. The zero-order valence-corrected chi connectivity index (χ0v) is 18.4. The lowest BCUT2D eigenvalue weighted by atomic mass is 9.70. The highest BCUT2D eigenvalue weighted by molar-refractivity contribution is 8.00. The van der Waals surface area contributed by atoms with Gasteiger partial charge in [-0.25, -0.2) is 0 Å². The van der Waals surface area contributed by atoms with Gasteiger partial charge in [-0.15, -0.1) is 16.3 Å². The van der Waals surface area contributed by atoms with Crippen LogP contribution in [0.2, 0.25) is 0 Å². The van der Waals surface area contributed by atoms with E-state index in [9.17, 15) is 4.57 Å². The summed E-state index contributed by atoms with van der Waals surface area (Å²) < 4.78 is 18.7. The third kappa shape index (κ3) is 6.59. The summed E-state index contributed by atoms with van der Waals surface area (Å²) in [6, 6.07) is 0.412. The zero-order chi connectivity index (χ0) is 18.2. The molecule has 1 saturated heterocycles. The second kappa shape index (κ2) is 10.5. The van der Waals surface area contributed by atoms with Crippen LogP contribution in [0.15, 0.2) is 0 Å². The van der Waals surface area contributed by atoms with Crippen molar-refractivity contribution in [1.29, 1.82) is 0 Å². The first-order chi connectivity index (χ1) is 11.3. The van der Waals surface area contributed by atoms with Crippen LogP contribution in [0.1, 0.15) is 80.1 Å². The minimum Gasteiger partial charge on any atom is -0.303 e. The van der Waals surface area contributed by atoms with Gasteiger partial charge in [-0.2, -0.15) is 0 Å². The zero-order valence-electron chi connectivity index (χ0n) is 16.7. The summed E-state index contributed by atoms with van der Waals surface area (Å²) in [6.45, 7) is 14.0. The molecule has 1 N–H and O–H groups in total. The second-order valence-corrected chi connectivity index (χ2v) is 11.1. The van der Waals surface area contributed by atoms with Crippen molar-refractivity contribution in [3.63, 3.8) is 0 Å². The van der Waals surface area contributed by atoms with E-state index >= 15 is 0 Å². The molecule has 1 aliphatic rings. The predicted molar refractivity (Wildman–Crippen MR) is 108 cm³/mol. The SMILES string of the molecule is CCCCC(CCCC)(C[P+](=O)OCC(C)C)C1NCSC1(C)C. The maximum atomic E-state index is 12.7. The van der Waals surface area contributed by atoms with E-state index < -0.39 is 8.03 Å². The Bertz CT molecular complexity index is 380. The fourth-order valence-electron chi connectivity index (χ4n) is 3.85. The van der Waals surface area contributed by atoms with Crippen LogP contribution in [-0.2, 0) is 9.09 Å². The fraction of sp³-hybridized carbons (Fsp3) is 1.00. The van der Waals surface area contributed by atoms with Crippen molar-refractivity contribution in [2.45, 2.75) is 90.9 Å². The number of rotatable bonds is 12. The smallest absolute Gasteiger partial charge is 0.303 e. The molecule has 2 unspecified atom stereocenters. The Morgan fingerprint density at radius 2 is 1.83 bits per heavy atom. The third-order valence-electron chi connectivity index (χ3n) is 5.09. The standard InChI is InChI=1S/C19H39NO2PS/c1-7-9-11-19(12-10-8-2,14-23(21)22-13-16(3)4)17-18(5,6)24-15-20-17/h16-17,20H,7-15H2,1-6H3/q+1. The Hall–Kier alpha value is 0.370. The molecule has 3 nitrogen and oxygen atoms in total. The lowest BCUT2D eigenvalue weighted by Crippen LogP contribution is -2.52. The molecule has 1 rings (SSSR count). The molecular formula is C19H39NO2PS+. The molecule has 2 atom stereocenters. The predicted octanol–water partition coefficient (Wildman–Crippen LogP) is 6.21. The molecule has 1 fully saturated rings. The molecule has 0 aliphatic carbocycles. The minimum atomic E-state index is -1.59. The summed E-state index contributed by atoms with van der Waals surface area (Å²) >= 11 is 2.00. The Labute approximate surface area is 155 Å². The molecule has 1 aliphatic heterocycles. The first kappa shape index (κ1) is 22.4. The van der Waals surface area contributed by atoms with Gasteiger partial charge in [0.15, 0.2) is 6.16 Å². The van der Waals surface area contributed by atoms with Gasteiger partial charge in [-0.1, -0.05) is 53.4 Å². The van der Waals surface area contributed by atoms with Crippen LogP contribution in [0.3, 0.4) is 0 Å². The summed E-state index contributed by atoms with van der Waals surface area (Å²) in [5.41, 5.74) is 0.0868. The topological polar surface area (TPSA) is 38.3 Å². The average Bonchev–Trinajstić information content (AvgIpc) is 2.88. The van der Waals surface area contributed by atoms with Crippen molar-refractivity contribution in [3.05, 3.63) is 0 Å².